The van der Waals surface area contributed by atoms with E-state index in [9.17, 15) is 0 Å². The van der Waals surface area contributed by atoms with E-state index < -0.39 is 8.07 Å². The van der Waals surface area contributed by atoms with Crippen LogP contribution in [-0.4, -0.2) is 8.07 Å². The summed E-state index contributed by atoms with van der Waals surface area (Å²) in [4.78, 5) is 0. The predicted molar refractivity (Wildman–Crippen MR) is 82.3 cm³/mol. The molecule has 1 aromatic rings. The van der Waals surface area contributed by atoms with Crippen LogP contribution in [0.1, 0.15) is 5.56 Å². The number of halogens is 2. The number of rotatable bonds is 1. The zero-order chi connectivity index (χ0) is 12.2. The minimum absolute atomic E-state index is 0.914. The van der Waals surface area contributed by atoms with Crippen LogP contribution in [0, 0.1) is 11.5 Å². The Morgan fingerprint density at radius 1 is 1.06 bits per heavy atom. The molecule has 0 amide bonds. The van der Waals surface area contributed by atoms with E-state index in [1.165, 1.54) is 0 Å². The van der Waals surface area contributed by atoms with E-state index in [1.807, 2.05) is 18.2 Å². The highest BCUT2D eigenvalue weighted by atomic mass is 79.9. The van der Waals surface area contributed by atoms with Crippen LogP contribution in [0.15, 0.2) is 33.7 Å². The average molecular weight is 358 g/mol. The molecule has 0 aliphatic carbocycles. The molecule has 0 spiro atoms. The highest BCUT2D eigenvalue weighted by Gasteiger charge is 2.09. The van der Waals surface area contributed by atoms with Gasteiger partial charge in [-0.1, -0.05) is 55.9 Å². The molecule has 0 nitrogen and oxygen atoms in total. The first-order valence-corrected chi connectivity index (χ1v) is 10.1. The van der Waals surface area contributed by atoms with Gasteiger partial charge in [0, 0.05) is 0 Å². The Morgan fingerprint density at radius 2 is 1.62 bits per heavy atom. The first kappa shape index (κ1) is 13.8. The van der Waals surface area contributed by atoms with Crippen molar-refractivity contribution in [1.82, 2.24) is 0 Å². The predicted octanol–water partition coefficient (Wildman–Crippen LogP) is 5.03. The highest BCUT2D eigenvalue weighted by Crippen LogP contribution is 2.26. The summed E-state index contributed by atoms with van der Waals surface area (Å²) in [5, 5.41) is 0. The molecule has 0 radical (unpaired) electrons. The van der Waals surface area contributed by atoms with Gasteiger partial charge in [-0.05, 0) is 37.4 Å². The molecular formula is C13H14Br2Si. The van der Waals surface area contributed by atoms with Crippen LogP contribution in [-0.2, 0) is 0 Å². The van der Waals surface area contributed by atoms with Crippen molar-refractivity contribution in [2.45, 2.75) is 19.6 Å². The van der Waals surface area contributed by atoms with E-state index in [0.717, 1.165) is 14.5 Å². The average Bonchev–Trinajstić information content (AvgIpc) is 2.17. The molecule has 0 N–H and O–H groups in total. The smallest absolute Gasteiger partial charge is 0.127 e. The van der Waals surface area contributed by atoms with Crippen molar-refractivity contribution in [3.63, 3.8) is 0 Å². The van der Waals surface area contributed by atoms with Crippen molar-refractivity contribution in [3.8, 4) is 11.5 Å². The molecule has 0 fully saturated rings. The Balaban J connectivity index is 3.14. The minimum atomic E-state index is -1.34. The van der Waals surface area contributed by atoms with Crippen LogP contribution >= 0.6 is 31.9 Å². The molecule has 16 heavy (non-hydrogen) atoms. The third kappa shape index (κ3) is 4.69. The van der Waals surface area contributed by atoms with E-state index in [-0.39, 0.29) is 0 Å². The van der Waals surface area contributed by atoms with Crippen molar-refractivity contribution in [3.05, 3.63) is 39.3 Å². The molecule has 0 saturated carbocycles. The number of hydrogen-bond acceptors (Lipinski definition) is 0. The molecule has 1 aromatic carbocycles. The van der Waals surface area contributed by atoms with Crippen molar-refractivity contribution in [2.75, 3.05) is 0 Å². The van der Waals surface area contributed by atoms with E-state index in [0.29, 0.717) is 0 Å². The lowest BCUT2D eigenvalue weighted by molar-refractivity contribution is 1.64. The van der Waals surface area contributed by atoms with Crippen LogP contribution in [0.2, 0.25) is 19.6 Å². The zero-order valence-corrected chi connectivity index (χ0v) is 13.8. The van der Waals surface area contributed by atoms with Crippen LogP contribution < -0.4 is 0 Å². The van der Waals surface area contributed by atoms with Crippen molar-refractivity contribution in [2.24, 2.45) is 0 Å². The highest BCUT2D eigenvalue weighted by molar-refractivity contribution is 9.28. The molecular weight excluding hydrogens is 344 g/mol. The van der Waals surface area contributed by atoms with E-state index in [4.69, 9.17) is 0 Å². The largest absolute Gasteiger partial charge is 0.129 e. The quantitative estimate of drug-likeness (QED) is 0.488. The van der Waals surface area contributed by atoms with E-state index in [1.54, 1.807) is 0 Å². The summed E-state index contributed by atoms with van der Waals surface area (Å²) in [6.45, 7) is 6.72. The summed E-state index contributed by atoms with van der Waals surface area (Å²) in [6.07, 6.45) is 0. The summed E-state index contributed by atoms with van der Waals surface area (Å²) in [5.74, 6) is 3.27. The van der Waals surface area contributed by atoms with Gasteiger partial charge in [0.15, 0.2) is 0 Å². The summed E-state index contributed by atoms with van der Waals surface area (Å²) in [6, 6.07) is 10.2. The molecule has 0 saturated heterocycles. The van der Waals surface area contributed by atoms with Crippen LogP contribution in [0.3, 0.4) is 0 Å². The molecule has 0 unspecified atom stereocenters. The van der Waals surface area contributed by atoms with Gasteiger partial charge in [0.25, 0.3) is 0 Å². The van der Waals surface area contributed by atoms with E-state index in [2.05, 4.69) is 75.1 Å². The second kappa shape index (κ2) is 5.86. The van der Waals surface area contributed by atoms with Gasteiger partial charge in [0.1, 0.15) is 8.07 Å². The minimum Gasteiger partial charge on any atom is -0.127 e. The summed E-state index contributed by atoms with van der Waals surface area (Å²) in [7, 11) is -1.34. The van der Waals surface area contributed by atoms with Gasteiger partial charge in [0.05, 0.1) is 8.96 Å². The van der Waals surface area contributed by atoms with Crippen LogP contribution in [0.4, 0.5) is 0 Å². The first-order chi connectivity index (χ1) is 7.40. The fourth-order valence-corrected chi connectivity index (χ4v) is 2.24. The summed E-state index contributed by atoms with van der Waals surface area (Å²) >= 11 is 6.91. The first-order valence-electron chi connectivity index (χ1n) is 5.04. The topological polar surface area (TPSA) is 0 Å². The van der Waals surface area contributed by atoms with Gasteiger partial charge >= 0.3 is 0 Å². The van der Waals surface area contributed by atoms with Crippen molar-refractivity contribution in [1.29, 1.82) is 0 Å². The summed E-state index contributed by atoms with van der Waals surface area (Å²) < 4.78 is 0.914. The standard InChI is InChI=1S/C13H14Br2Si/c1-16(2,3)10-9-12(13(14)15)11-7-5-4-6-8-11/h4-8H,1-3H3. The normalized spacial score (nSPS) is 10.3. The van der Waals surface area contributed by atoms with Gasteiger partial charge in [-0.25, -0.2) is 0 Å². The SMILES string of the molecule is C[Si](C)(C)C#CC(=C(Br)Br)c1ccccc1. The second-order valence-corrected chi connectivity index (χ2v) is 11.9. The van der Waals surface area contributed by atoms with Gasteiger partial charge in [-0.2, -0.15) is 0 Å². The van der Waals surface area contributed by atoms with Crippen LogP contribution in [0.25, 0.3) is 5.57 Å². The maximum atomic E-state index is 3.45. The third-order valence-electron chi connectivity index (χ3n) is 1.81. The van der Waals surface area contributed by atoms with Gasteiger partial charge < -0.3 is 0 Å². The lowest BCUT2D eigenvalue weighted by Gasteiger charge is -2.05. The Hall–Kier alpha value is -0.303. The number of allylic oxidation sites excluding steroid dienone is 1. The monoisotopic (exact) mass is 356 g/mol. The maximum absolute atomic E-state index is 3.45. The van der Waals surface area contributed by atoms with E-state index >= 15 is 0 Å². The Bertz CT molecular complexity index is 440. The van der Waals surface area contributed by atoms with Gasteiger partial charge in [0.2, 0.25) is 0 Å². The molecule has 0 heterocycles. The molecule has 84 valence electrons. The Kier molecular flexibility index (Phi) is 5.04. The van der Waals surface area contributed by atoms with Crippen LogP contribution in [0.5, 0.6) is 0 Å². The Morgan fingerprint density at radius 3 is 2.06 bits per heavy atom. The second-order valence-electron chi connectivity index (χ2n) is 4.50. The number of hydrogen-bond donors (Lipinski definition) is 0. The molecule has 0 aliphatic rings. The van der Waals surface area contributed by atoms with Crippen molar-refractivity contribution < 1.29 is 0 Å². The molecule has 3 heteroatoms. The summed E-state index contributed by atoms with van der Waals surface area (Å²) in [5.41, 5.74) is 5.53. The fourth-order valence-electron chi connectivity index (χ4n) is 1.08. The third-order valence-corrected chi connectivity index (χ3v) is 3.48. The number of benzene rings is 1. The lowest BCUT2D eigenvalue weighted by Crippen LogP contribution is -2.16. The molecule has 1 rings (SSSR count). The molecule has 0 aromatic heterocycles. The zero-order valence-electron chi connectivity index (χ0n) is 9.64. The van der Waals surface area contributed by atoms with Gasteiger partial charge in [-0.15, -0.1) is 5.54 Å². The van der Waals surface area contributed by atoms with Gasteiger partial charge in [-0.3, -0.25) is 0 Å². The fraction of sp³-hybridized carbons (Fsp3) is 0.231. The molecule has 0 atom stereocenters. The molecule has 0 aliphatic heterocycles. The molecule has 0 bridgehead atoms. The lowest BCUT2D eigenvalue weighted by atomic mass is 10.1. The Labute approximate surface area is 115 Å². The van der Waals surface area contributed by atoms with Crippen molar-refractivity contribution >= 4 is 45.5 Å². The maximum Gasteiger partial charge on any atom is 0.129 e.